The molecule has 1 aromatic rings. The second-order valence-electron chi connectivity index (χ2n) is 4.91. The van der Waals surface area contributed by atoms with Crippen molar-refractivity contribution in [1.82, 2.24) is 15.8 Å². The van der Waals surface area contributed by atoms with E-state index in [1.54, 1.807) is 0 Å². The monoisotopic (exact) mass is 275 g/mol. The number of nitrogens with one attached hydrogen (secondary N) is 2. The standard InChI is InChI=1S/C15H21N3O2/c1-12-3-5-14(6-4-12)13(2)16-17-15(19)11-18-7-9-20-10-8-18/h3-6,16H,2,7-11H2,1H3,(H,17,19). The van der Waals surface area contributed by atoms with Gasteiger partial charge in [-0.05, 0) is 12.5 Å². The van der Waals surface area contributed by atoms with Crippen LogP contribution >= 0.6 is 0 Å². The highest BCUT2D eigenvalue weighted by molar-refractivity contribution is 5.79. The highest BCUT2D eigenvalue weighted by Crippen LogP contribution is 2.09. The molecule has 1 heterocycles. The lowest BCUT2D eigenvalue weighted by molar-refractivity contribution is -0.123. The fourth-order valence-electron chi connectivity index (χ4n) is 1.97. The molecule has 5 nitrogen and oxygen atoms in total. The summed E-state index contributed by atoms with van der Waals surface area (Å²) in [5.74, 6) is -0.0693. The van der Waals surface area contributed by atoms with E-state index in [4.69, 9.17) is 4.74 Å². The van der Waals surface area contributed by atoms with Crippen molar-refractivity contribution in [3.63, 3.8) is 0 Å². The van der Waals surface area contributed by atoms with Crippen molar-refractivity contribution >= 4 is 11.6 Å². The molecule has 1 aliphatic heterocycles. The fraction of sp³-hybridized carbons (Fsp3) is 0.400. The number of hydrogen-bond acceptors (Lipinski definition) is 4. The molecule has 0 spiro atoms. The minimum Gasteiger partial charge on any atom is -0.379 e. The van der Waals surface area contributed by atoms with Gasteiger partial charge in [0.1, 0.15) is 0 Å². The molecular formula is C15H21N3O2. The largest absolute Gasteiger partial charge is 0.379 e. The summed E-state index contributed by atoms with van der Waals surface area (Å²) in [5.41, 5.74) is 8.36. The summed E-state index contributed by atoms with van der Waals surface area (Å²) >= 11 is 0. The molecule has 2 rings (SSSR count). The minimum atomic E-state index is -0.0693. The van der Waals surface area contributed by atoms with Crippen LogP contribution in [0, 0.1) is 6.92 Å². The van der Waals surface area contributed by atoms with Crippen LogP contribution in [0.4, 0.5) is 0 Å². The van der Waals surface area contributed by atoms with E-state index in [1.807, 2.05) is 31.2 Å². The van der Waals surface area contributed by atoms with Gasteiger partial charge in [-0.25, -0.2) is 0 Å². The molecule has 0 unspecified atom stereocenters. The number of amides is 1. The number of nitrogens with zero attached hydrogens (tertiary/aromatic N) is 1. The number of aryl methyl sites for hydroxylation is 1. The molecule has 1 amide bonds. The molecule has 0 atom stereocenters. The van der Waals surface area contributed by atoms with Gasteiger partial charge in [0.2, 0.25) is 0 Å². The molecule has 1 saturated heterocycles. The van der Waals surface area contributed by atoms with Gasteiger partial charge in [0, 0.05) is 13.1 Å². The predicted octanol–water partition coefficient (Wildman–Crippen LogP) is 0.919. The molecule has 20 heavy (non-hydrogen) atoms. The highest BCUT2D eigenvalue weighted by Gasteiger charge is 2.13. The highest BCUT2D eigenvalue weighted by atomic mass is 16.5. The van der Waals surface area contributed by atoms with Crippen molar-refractivity contribution in [2.75, 3.05) is 32.8 Å². The van der Waals surface area contributed by atoms with Crippen LogP contribution in [0.2, 0.25) is 0 Å². The third-order valence-corrected chi connectivity index (χ3v) is 3.22. The molecular weight excluding hydrogens is 254 g/mol. The molecule has 108 valence electrons. The zero-order valence-electron chi connectivity index (χ0n) is 11.8. The number of carbonyl (C=O) groups excluding carboxylic acids is 1. The number of ether oxygens (including phenoxy) is 1. The first kappa shape index (κ1) is 14.6. The lowest BCUT2D eigenvalue weighted by atomic mass is 10.1. The van der Waals surface area contributed by atoms with Gasteiger partial charge in [-0.2, -0.15) is 0 Å². The molecule has 0 aliphatic carbocycles. The molecule has 1 aromatic carbocycles. The van der Waals surface area contributed by atoms with Crippen LogP contribution in [0.1, 0.15) is 11.1 Å². The minimum absolute atomic E-state index is 0.0693. The fourth-order valence-corrected chi connectivity index (χ4v) is 1.97. The van der Waals surface area contributed by atoms with Crippen molar-refractivity contribution in [1.29, 1.82) is 0 Å². The van der Waals surface area contributed by atoms with Gasteiger partial charge < -0.3 is 4.74 Å². The number of hydrazine groups is 1. The van der Waals surface area contributed by atoms with Crippen molar-refractivity contribution in [2.24, 2.45) is 0 Å². The van der Waals surface area contributed by atoms with E-state index in [2.05, 4.69) is 22.3 Å². The van der Waals surface area contributed by atoms with Crippen molar-refractivity contribution in [3.8, 4) is 0 Å². The number of hydrogen-bond donors (Lipinski definition) is 2. The zero-order chi connectivity index (χ0) is 14.4. The Hall–Kier alpha value is -1.85. The Bertz CT molecular complexity index is 465. The number of morpholine rings is 1. The normalized spacial score (nSPS) is 15.7. The Morgan fingerprint density at radius 2 is 1.90 bits per heavy atom. The van der Waals surface area contributed by atoms with E-state index in [0.29, 0.717) is 25.5 Å². The Labute approximate surface area is 119 Å². The van der Waals surface area contributed by atoms with Crippen molar-refractivity contribution < 1.29 is 9.53 Å². The van der Waals surface area contributed by atoms with Gasteiger partial charge in [0.25, 0.3) is 5.91 Å². The molecule has 0 radical (unpaired) electrons. The topological polar surface area (TPSA) is 53.6 Å². The Balaban J connectivity index is 1.75. The van der Waals surface area contributed by atoms with Gasteiger partial charge in [-0.3, -0.25) is 20.5 Å². The second-order valence-corrected chi connectivity index (χ2v) is 4.91. The van der Waals surface area contributed by atoms with E-state index in [-0.39, 0.29) is 5.91 Å². The van der Waals surface area contributed by atoms with Crippen LogP contribution < -0.4 is 10.9 Å². The van der Waals surface area contributed by atoms with Gasteiger partial charge in [0.05, 0.1) is 25.5 Å². The maximum atomic E-state index is 11.8. The summed E-state index contributed by atoms with van der Waals surface area (Å²) in [4.78, 5) is 13.9. The van der Waals surface area contributed by atoms with Gasteiger partial charge in [-0.1, -0.05) is 36.4 Å². The van der Waals surface area contributed by atoms with E-state index < -0.39 is 0 Å². The summed E-state index contributed by atoms with van der Waals surface area (Å²) in [7, 11) is 0. The van der Waals surface area contributed by atoms with Gasteiger partial charge in [-0.15, -0.1) is 0 Å². The third-order valence-electron chi connectivity index (χ3n) is 3.22. The maximum absolute atomic E-state index is 11.8. The lowest BCUT2D eigenvalue weighted by Gasteiger charge is -2.26. The van der Waals surface area contributed by atoms with E-state index in [1.165, 1.54) is 5.56 Å². The molecule has 0 aromatic heterocycles. The van der Waals surface area contributed by atoms with Crippen LogP contribution in [0.15, 0.2) is 30.8 Å². The quantitative estimate of drug-likeness (QED) is 0.785. The second kappa shape index (κ2) is 7.07. The van der Waals surface area contributed by atoms with Crippen LogP contribution in [-0.4, -0.2) is 43.7 Å². The number of rotatable bonds is 5. The van der Waals surface area contributed by atoms with Crippen LogP contribution in [-0.2, 0) is 9.53 Å². The first-order valence-electron chi connectivity index (χ1n) is 6.76. The van der Waals surface area contributed by atoms with Crippen molar-refractivity contribution in [3.05, 3.63) is 42.0 Å². The maximum Gasteiger partial charge on any atom is 0.252 e. The first-order valence-corrected chi connectivity index (χ1v) is 6.76. The summed E-state index contributed by atoms with van der Waals surface area (Å²) < 4.78 is 5.24. The number of benzene rings is 1. The van der Waals surface area contributed by atoms with Crippen LogP contribution in [0.5, 0.6) is 0 Å². The Morgan fingerprint density at radius 3 is 2.55 bits per heavy atom. The summed E-state index contributed by atoms with van der Waals surface area (Å²) in [6, 6.07) is 7.97. The molecule has 1 aliphatic rings. The zero-order valence-corrected chi connectivity index (χ0v) is 11.8. The van der Waals surface area contributed by atoms with E-state index >= 15 is 0 Å². The van der Waals surface area contributed by atoms with E-state index in [9.17, 15) is 4.79 Å². The predicted molar refractivity (Wildman–Crippen MR) is 78.8 cm³/mol. The Morgan fingerprint density at radius 1 is 1.25 bits per heavy atom. The molecule has 5 heteroatoms. The smallest absolute Gasteiger partial charge is 0.252 e. The lowest BCUT2D eigenvalue weighted by Crippen LogP contribution is -2.46. The third kappa shape index (κ3) is 4.36. The molecule has 2 N–H and O–H groups in total. The van der Waals surface area contributed by atoms with E-state index in [0.717, 1.165) is 18.7 Å². The van der Waals surface area contributed by atoms with Gasteiger partial charge >= 0.3 is 0 Å². The average Bonchev–Trinajstić information content (AvgIpc) is 2.46. The van der Waals surface area contributed by atoms with Crippen LogP contribution in [0.3, 0.4) is 0 Å². The molecule has 1 fully saturated rings. The SMILES string of the molecule is C=C(NNC(=O)CN1CCOCC1)c1ccc(C)cc1. The molecule has 0 saturated carbocycles. The Kier molecular flexibility index (Phi) is 5.15. The van der Waals surface area contributed by atoms with Gasteiger partial charge in [0.15, 0.2) is 0 Å². The average molecular weight is 275 g/mol. The van der Waals surface area contributed by atoms with Crippen molar-refractivity contribution in [2.45, 2.75) is 6.92 Å². The van der Waals surface area contributed by atoms with Crippen LogP contribution in [0.25, 0.3) is 5.70 Å². The molecule has 0 bridgehead atoms. The number of carbonyl (C=O) groups is 1. The summed E-state index contributed by atoms with van der Waals surface area (Å²) in [6.45, 7) is 9.30. The summed E-state index contributed by atoms with van der Waals surface area (Å²) in [5, 5.41) is 0. The first-order chi connectivity index (χ1) is 9.65. The summed E-state index contributed by atoms with van der Waals surface area (Å²) in [6.07, 6.45) is 0.